The van der Waals surface area contributed by atoms with Gasteiger partial charge in [-0.05, 0) is 29.7 Å². The molecule has 1 atom stereocenters. The zero-order chi connectivity index (χ0) is 16.4. The van der Waals surface area contributed by atoms with Crippen molar-refractivity contribution in [1.29, 1.82) is 0 Å². The van der Waals surface area contributed by atoms with Gasteiger partial charge in [-0.1, -0.05) is 30.3 Å². The summed E-state index contributed by atoms with van der Waals surface area (Å²) in [4.78, 5) is 14.3. The second-order valence-corrected chi connectivity index (χ2v) is 5.70. The molecule has 1 unspecified atom stereocenters. The van der Waals surface area contributed by atoms with Crippen molar-refractivity contribution in [2.24, 2.45) is 5.73 Å². The molecule has 0 fully saturated rings. The third-order valence-corrected chi connectivity index (χ3v) is 4.34. The van der Waals surface area contributed by atoms with Crippen LogP contribution in [0.15, 0.2) is 42.5 Å². The van der Waals surface area contributed by atoms with Gasteiger partial charge in [0.1, 0.15) is 11.6 Å². The summed E-state index contributed by atoms with van der Waals surface area (Å²) in [6.07, 6.45) is 0.316. The Bertz CT molecular complexity index is 724. The number of carbonyl (C=O) groups is 1. The largest absolute Gasteiger partial charge is 0.337 e. The molecule has 1 heterocycles. The Kier molecular flexibility index (Phi) is 5.91. The van der Waals surface area contributed by atoms with E-state index >= 15 is 0 Å². The van der Waals surface area contributed by atoms with Gasteiger partial charge in [0.15, 0.2) is 0 Å². The van der Waals surface area contributed by atoms with Gasteiger partial charge in [0.2, 0.25) is 5.91 Å². The maximum atomic E-state index is 14.0. The van der Waals surface area contributed by atoms with E-state index in [1.807, 2.05) is 30.3 Å². The molecule has 0 aromatic heterocycles. The summed E-state index contributed by atoms with van der Waals surface area (Å²) in [5.74, 6) is -1.49. The topological polar surface area (TPSA) is 46.3 Å². The van der Waals surface area contributed by atoms with Crippen molar-refractivity contribution >= 4 is 18.3 Å². The molecule has 0 spiro atoms. The molecule has 128 valence electrons. The first-order chi connectivity index (χ1) is 11.1. The summed E-state index contributed by atoms with van der Waals surface area (Å²) < 4.78 is 27.7. The van der Waals surface area contributed by atoms with Gasteiger partial charge in [0.25, 0.3) is 0 Å². The first kappa shape index (κ1) is 18.4. The lowest BCUT2D eigenvalue weighted by Gasteiger charge is -2.32. The Balaban J connectivity index is 0.00000208. The van der Waals surface area contributed by atoms with Crippen LogP contribution in [0.3, 0.4) is 0 Å². The average Bonchev–Trinajstić information content (AvgIpc) is 2.59. The molecule has 0 radical (unpaired) electrons. The molecule has 0 saturated carbocycles. The lowest BCUT2D eigenvalue weighted by molar-refractivity contribution is -0.133. The third-order valence-electron chi connectivity index (χ3n) is 4.34. The number of rotatable bonds is 3. The lowest BCUT2D eigenvalue weighted by atomic mass is 9.94. The van der Waals surface area contributed by atoms with Crippen molar-refractivity contribution in [3.63, 3.8) is 0 Å². The molecule has 6 heteroatoms. The minimum atomic E-state index is -0.470. The highest BCUT2D eigenvalue weighted by molar-refractivity contribution is 5.85. The first-order valence-corrected chi connectivity index (χ1v) is 7.61. The summed E-state index contributed by atoms with van der Waals surface area (Å²) >= 11 is 0. The van der Waals surface area contributed by atoms with Crippen LogP contribution in [0.2, 0.25) is 0 Å². The molecule has 24 heavy (non-hydrogen) atoms. The van der Waals surface area contributed by atoms with E-state index in [9.17, 15) is 13.6 Å². The number of amides is 1. The number of hydrogen-bond donors (Lipinski definition) is 1. The predicted molar refractivity (Wildman–Crippen MR) is 91.0 cm³/mol. The molecule has 0 aliphatic carbocycles. The van der Waals surface area contributed by atoms with Gasteiger partial charge in [-0.3, -0.25) is 4.79 Å². The van der Waals surface area contributed by atoms with Gasteiger partial charge in [-0.2, -0.15) is 0 Å². The maximum absolute atomic E-state index is 14.0. The molecule has 2 aromatic rings. The van der Waals surface area contributed by atoms with Crippen LogP contribution in [-0.2, 0) is 17.8 Å². The summed E-state index contributed by atoms with van der Waals surface area (Å²) in [7, 11) is 0. The number of nitrogens with zero attached hydrogens (tertiary/aromatic N) is 1. The first-order valence-electron chi connectivity index (χ1n) is 7.61. The zero-order valence-corrected chi connectivity index (χ0v) is 13.9. The fourth-order valence-corrected chi connectivity index (χ4v) is 3.07. The number of fused-ring (bicyclic) bond motifs is 1. The van der Waals surface area contributed by atoms with Crippen LogP contribution in [0.4, 0.5) is 8.78 Å². The van der Waals surface area contributed by atoms with Gasteiger partial charge >= 0.3 is 0 Å². The predicted octanol–water partition coefficient (Wildman–Crippen LogP) is 3.01. The van der Waals surface area contributed by atoms with Crippen molar-refractivity contribution < 1.29 is 13.6 Å². The van der Waals surface area contributed by atoms with E-state index < -0.39 is 17.6 Å². The zero-order valence-electron chi connectivity index (χ0n) is 13.0. The molecular weight excluding hydrogens is 334 g/mol. The van der Waals surface area contributed by atoms with E-state index in [2.05, 4.69) is 0 Å². The SMILES string of the molecule is Cl.NCC(C(=O)N1CCc2c(F)ccc(F)c2C1)c1ccccc1. The Labute approximate surface area is 145 Å². The van der Waals surface area contributed by atoms with Crippen molar-refractivity contribution in [2.75, 3.05) is 13.1 Å². The van der Waals surface area contributed by atoms with E-state index in [0.29, 0.717) is 18.5 Å². The minimum Gasteiger partial charge on any atom is -0.337 e. The van der Waals surface area contributed by atoms with Crippen LogP contribution in [0.25, 0.3) is 0 Å². The van der Waals surface area contributed by atoms with E-state index in [4.69, 9.17) is 5.73 Å². The van der Waals surface area contributed by atoms with E-state index in [0.717, 1.165) is 17.7 Å². The second-order valence-electron chi connectivity index (χ2n) is 5.70. The molecule has 2 N–H and O–H groups in total. The fourth-order valence-electron chi connectivity index (χ4n) is 3.07. The molecule has 0 saturated heterocycles. The average molecular weight is 353 g/mol. The highest BCUT2D eigenvalue weighted by Crippen LogP contribution is 2.27. The number of benzene rings is 2. The van der Waals surface area contributed by atoms with Crippen LogP contribution < -0.4 is 5.73 Å². The highest BCUT2D eigenvalue weighted by Gasteiger charge is 2.29. The summed E-state index contributed by atoms with van der Waals surface area (Å²) in [6.45, 7) is 0.633. The van der Waals surface area contributed by atoms with Crippen molar-refractivity contribution in [3.8, 4) is 0 Å². The summed E-state index contributed by atoms with van der Waals surface area (Å²) in [5.41, 5.74) is 7.26. The number of hydrogen-bond acceptors (Lipinski definition) is 2. The Morgan fingerprint density at radius 3 is 2.33 bits per heavy atom. The van der Waals surface area contributed by atoms with Crippen molar-refractivity contribution in [2.45, 2.75) is 18.9 Å². The summed E-state index contributed by atoms with van der Waals surface area (Å²) in [5, 5.41) is 0. The molecule has 3 nitrogen and oxygen atoms in total. The molecule has 3 rings (SSSR count). The number of carbonyl (C=O) groups excluding carboxylic acids is 1. The Hall–Kier alpha value is -1.98. The Morgan fingerprint density at radius 2 is 1.71 bits per heavy atom. The van der Waals surface area contributed by atoms with Crippen molar-refractivity contribution in [3.05, 3.63) is 70.8 Å². The molecule has 1 aliphatic rings. The fraction of sp³-hybridized carbons (Fsp3) is 0.278. The molecule has 1 aliphatic heterocycles. The number of nitrogens with two attached hydrogens (primary N) is 1. The quantitative estimate of drug-likeness (QED) is 0.923. The smallest absolute Gasteiger partial charge is 0.231 e. The van der Waals surface area contributed by atoms with Gasteiger partial charge in [0.05, 0.1) is 5.92 Å². The molecule has 0 bridgehead atoms. The van der Waals surface area contributed by atoms with Crippen LogP contribution in [0, 0.1) is 11.6 Å². The van der Waals surface area contributed by atoms with E-state index in [-0.39, 0.29) is 37.0 Å². The maximum Gasteiger partial charge on any atom is 0.231 e. The number of halogens is 3. The normalized spacial score (nSPS) is 14.5. The second kappa shape index (κ2) is 7.73. The van der Waals surface area contributed by atoms with E-state index in [1.54, 1.807) is 4.90 Å². The molecule has 2 aromatic carbocycles. The van der Waals surface area contributed by atoms with Gasteiger partial charge < -0.3 is 10.6 Å². The highest BCUT2D eigenvalue weighted by atomic mass is 35.5. The lowest BCUT2D eigenvalue weighted by Crippen LogP contribution is -2.41. The Morgan fingerprint density at radius 1 is 1.08 bits per heavy atom. The summed E-state index contributed by atoms with van der Waals surface area (Å²) in [6, 6.07) is 11.5. The minimum absolute atomic E-state index is 0. The molecular formula is C18H19ClF2N2O. The van der Waals surface area contributed by atoms with E-state index in [1.165, 1.54) is 0 Å². The van der Waals surface area contributed by atoms with Gasteiger partial charge in [-0.15, -0.1) is 12.4 Å². The van der Waals surface area contributed by atoms with Crippen molar-refractivity contribution in [1.82, 2.24) is 4.90 Å². The molecule has 1 amide bonds. The van der Waals surface area contributed by atoms with Gasteiger partial charge in [-0.25, -0.2) is 8.78 Å². The van der Waals surface area contributed by atoms with Crippen LogP contribution in [0.5, 0.6) is 0 Å². The third kappa shape index (κ3) is 3.42. The van der Waals surface area contributed by atoms with Gasteiger partial charge in [0, 0.05) is 25.2 Å². The van der Waals surface area contributed by atoms with Crippen LogP contribution >= 0.6 is 12.4 Å². The van der Waals surface area contributed by atoms with Crippen LogP contribution in [-0.4, -0.2) is 23.9 Å². The monoisotopic (exact) mass is 352 g/mol. The van der Waals surface area contributed by atoms with Crippen LogP contribution in [0.1, 0.15) is 22.6 Å². The standard InChI is InChI=1S/C18H18F2N2O.ClH/c19-16-6-7-17(20)15-11-22(9-8-13(15)16)18(23)14(10-21)12-4-2-1-3-5-12;/h1-7,14H,8-11,21H2;1H.